The first-order valence-electron chi connectivity index (χ1n) is 26.3. The van der Waals surface area contributed by atoms with Gasteiger partial charge in [-0.1, -0.05) is 242 Å². The molecule has 0 radical (unpaired) electrons. The van der Waals surface area contributed by atoms with E-state index < -0.39 is 6.10 Å². The molecule has 0 aliphatic rings. The van der Waals surface area contributed by atoms with Crippen LogP contribution < -0.4 is 0 Å². The van der Waals surface area contributed by atoms with Gasteiger partial charge in [0, 0.05) is 19.3 Å². The van der Waals surface area contributed by atoms with Crippen LogP contribution >= 0.6 is 0 Å². The summed E-state index contributed by atoms with van der Waals surface area (Å²) in [6.45, 7) is 6.47. The van der Waals surface area contributed by atoms with Crippen molar-refractivity contribution in [3.63, 3.8) is 0 Å². The van der Waals surface area contributed by atoms with Crippen LogP contribution in [0, 0.1) is 0 Å². The van der Waals surface area contributed by atoms with Gasteiger partial charge in [0.1, 0.15) is 13.2 Å². The molecule has 0 aliphatic carbocycles. The van der Waals surface area contributed by atoms with E-state index in [2.05, 4.69) is 81.5 Å². The van der Waals surface area contributed by atoms with Gasteiger partial charge in [-0.15, -0.1) is 0 Å². The van der Waals surface area contributed by atoms with Gasteiger partial charge >= 0.3 is 17.9 Å². The van der Waals surface area contributed by atoms with Gasteiger partial charge in [-0.2, -0.15) is 0 Å². The van der Waals surface area contributed by atoms with Crippen molar-refractivity contribution < 1.29 is 28.6 Å². The molecule has 1 atom stereocenters. The zero-order valence-electron chi connectivity index (χ0n) is 40.9. The Labute approximate surface area is 383 Å². The molecular weight excluding hydrogens is 769 g/mol. The van der Waals surface area contributed by atoms with Gasteiger partial charge in [-0.3, -0.25) is 14.4 Å². The number of ether oxygens (including phenoxy) is 3. The first-order chi connectivity index (χ1) is 30.5. The molecule has 0 bridgehead atoms. The van der Waals surface area contributed by atoms with Gasteiger partial charge in [-0.05, 0) is 57.8 Å². The minimum absolute atomic E-state index is 0.0935. The second kappa shape index (κ2) is 50.8. The van der Waals surface area contributed by atoms with Crippen molar-refractivity contribution in [3.05, 3.63) is 60.8 Å². The lowest BCUT2D eigenvalue weighted by atomic mass is 10.0. The maximum absolute atomic E-state index is 12.8. The summed E-state index contributed by atoms with van der Waals surface area (Å²) in [6.07, 6.45) is 62.2. The van der Waals surface area contributed by atoms with E-state index in [1.165, 1.54) is 135 Å². The minimum atomic E-state index is -0.799. The molecule has 0 spiro atoms. The Morgan fingerprint density at radius 1 is 0.339 bits per heavy atom. The lowest BCUT2D eigenvalue weighted by Crippen LogP contribution is -2.30. The smallest absolute Gasteiger partial charge is 0.306 e. The van der Waals surface area contributed by atoms with E-state index in [-0.39, 0.29) is 37.5 Å². The van der Waals surface area contributed by atoms with E-state index >= 15 is 0 Å². The van der Waals surface area contributed by atoms with Crippen LogP contribution in [0.1, 0.15) is 258 Å². The molecule has 0 amide bonds. The first-order valence-corrected chi connectivity index (χ1v) is 26.3. The van der Waals surface area contributed by atoms with Gasteiger partial charge in [0.25, 0.3) is 0 Å². The van der Waals surface area contributed by atoms with Crippen LogP contribution in [-0.2, 0) is 28.6 Å². The van der Waals surface area contributed by atoms with E-state index in [4.69, 9.17) is 14.2 Å². The number of carbonyl (C=O) groups is 3. The van der Waals surface area contributed by atoms with Crippen LogP contribution in [0.5, 0.6) is 0 Å². The molecule has 0 N–H and O–H groups in total. The Morgan fingerprint density at radius 2 is 0.629 bits per heavy atom. The van der Waals surface area contributed by atoms with Crippen molar-refractivity contribution in [2.75, 3.05) is 13.2 Å². The van der Waals surface area contributed by atoms with E-state index in [0.29, 0.717) is 19.3 Å². The molecule has 0 saturated carbocycles. The summed E-state index contributed by atoms with van der Waals surface area (Å²) in [5.74, 6) is -0.948. The summed E-state index contributed by atoms with van der Waals surface area (Å²) in [5.41, 5.74) is 0. The molecule has 0 fully saturated rings. The van der Waals surface area contributed by atoms with Gasteiger partial charge in [-0.25, -0.2) is 0 Å². The number of esters is 3. The van der Waals surface area contributed by atoms with E-state index in [0.717, 1.165) is 77.0 Å². The van der Waals surface area contributed by atoms with E-state index in [1.54, 1.807) is 0 Å². The Kier molecular flexibility index (Phi) is 48.4. The normalized spacial score (nSPS) is 12.5. The monoisotopic (exact) mass is 867 g/mol. The Morgan fingerprint density at radius 3 is 0.968 bits per heavy atom. The summed E-state index contributed by atoms with van der Waals surface area (Å²) < 4.78 is 16.7. The molecule has 0 aromatic rings. The largest absolute Gasteiger partial charge is 0.462 e. The van der Waals surface area contributed by atoms with Crippen molar-refractivity contribution >= 4 is 17.9 Å². The Bertz CT molecular complexity index is 1130. The molecule has 6 heteroatoms. The number of allylic oxidation sites excluding steroid dienone is 10. The van der Waals surface area contributed by atoms with Gasteiger partial charge in [0.2, 0.25) is 0 Å². The van der Waals surface area contributed by atoms with Crippen LogP contribution in [0.25, 0.3) is 0 Å². The second-order valence-corrected chi connectivity index (χ2v) is 17.4. The molecule has 1 unspecified atom stereocenters. The fourth-order valence-corrected chi connectivity index (χ4v) is 7.36. The molecular formula is C56H98O6. The van der Waals surface area contributed by atoms with Crippen molar-refractivity contribution in [2.45, 2.75) is 264 Å². The highest BCUT2D eigenvalue weighted by atomic mass is 16.6. The van der Waals surface area contributed by atoms with Gasteiger partial charge < -0.3 is 14.2 Å². The van der Waals surface area contributed by atoms with Crippen LogP contribution in [0.3, 0.4) is 0 Å². The van der Waals surface area contributed by atoms with E-state index in [1.807, 2.05) is 0 Å². The fraction of sp³-hybridized carbons (Fsp3) is 0.768. The van der Waals surface area contributed by atoms with E-state index in [9.17, 15) is 14.4 Å². The highest BCUT2D eigenvalue weighted by molar-refractivity contribution is 5.71. The molecule has 6 nitrogen and oxygen atoms in total. The Balaban J connectivity index is 4.37. The van der Waals surface area contributed by atoms with Crippen LogP contribution in [0.2, 0.25) is 0 Å². The number of unbranched alkanes of at least 4 members (excludes halogenated alkanes) is 26. The SMILES string of the molecule is CC/C=C\C/C=C\C/C=C\C/C=C\C/C=C\CCCC(=O)OC(COC(=O)CCCCCCCCCCC)COC(=O)CCCCCCCCCCCCCCCCCCCC. The third kappa shape index (κ3) is 48.1. The van der Waals surface area contributed by atoms with Crippen molar-refractivity contribution in [2.24, 2.45) is 0 Å². The molecule has 0 saturated heterocycles. The maximum Gasteiger partial charge on any atom is 0.306 e. The first kappa shape index (κ1) is 59.1. The van der Waals surface area contributed by atoms with Crippen molar-refractivity contribution in [3.8, 4) is 0 Å². The summed E-state index contributed by atoms with van der Waals surface area (Å²) in [7, 11) is 0. The number of hydrogen-bond acceptors (Lipinski definition) is 6. The molecule has 0 rings (SSSR count). The van der Waals surface area contributed by atoms with Crippen molar-refractivity contribution in [1.82, 2.24) is 0 Å². The van der Waals surface area contributed by atoms with Crippen LogP contribution in [0.15, 0.2) is 60.8 Å². The quantitative estimate of drug-likeness (QED) is 0.0262. The molecule has 0 aromatic heterocycles. The molecule has 0 aliphatic heterocycles. The molecule has 62 heavy (non-hydrogen) atoms. The minimum Gasteiger partial charge on any atom is -0.462 e. The standard InChI is InChI=1S/C56H98O6/c1-4-7-10-13-16-19-21-23-25-27-29-30-32-34-37-40-43-46-49-55(58)61-52-53(51-60-54(57)48-45-42-39-36-18-15-12-9-6-3)62-56(59)50-47-44-41-38-35-33-31-28-26-24-22-20-17-14-11-8-5-2/h8,11,17,20,24,26,31,33,38,41,53H,4-7,9-10,12-16,18-19,21-23,25,27-30,32,34-37,39-40,42-52H2,1-3H3/b11-8-,20-17-,26-24-,33-31-,41-38-. The molecule has 0 aromatic carbocycles. The maximum atomic E-state index is 12.8. The molecule has 0 heterocycles. The third-order valence-electron chi connectivity index (χ3n) is 11.3. The zero-order chi connectivity index (χ0) is 45.1. The predicted molar refractivity (Wildman–Crippen MR) is 265 cm³/mol. The van der Waals surface area contributed by atoms with Gasteiger partial charge in [0.05, 0.1) is 0 Å². The summed E-state index contributed by atoms with van der Waals surface area (Å²) in [6, 6.07) is 0. The fourth-order valence-electron chi connectivity index (χ4n) is 7.36. The van der Waals surface area contributed by atoms with Gasteiger partial charge in [0.15, 0.2) is 6.10 Å². The lowest BCUT2D eigenvalue weighted by Gasteiger charge is -2.18. The van der Waals surface area contributed by atoms with Crippen LogP contribution in [0.4, 0.5) is 0 Å². The van der Waals surface area contributed by atoms with Crippen LogP contribution in [-0.4, -0.2) is 37.2 Å². The average molecular weight is 867 g/mol. The van der Waals surface area contributed by atoms with Crippen molar-refractivity contribution in [1.29, 1.82) is 0 Å². The molecule has 358 valence electrons. The Hall–Kier alpha value is -2.89. The summed E-state index contributed by atoms with van der Waals surface area (Å²) in [4.78, 5) is 37.9. The second-order valence-electron chi connectivity index (χ2n) is 17.4. The zero-order valence-corrected chi connectivity index (χ0v) is 40.9. The number of carbonyl (C=O) groups excluding carboxylic acids is 3. The summed E-state index contributed by atoms with van der Waals surface area (Å²) in [5, 5.41) is 0. The highest BCUT2D eigenvalue weighted by Gasteiger charge is 2.19. The summed E-state index contributed by atoms with van der Waals surface area (Å²) >= 11 is 0. The third-order valence-corrected chi connectivity index (χ3v) is 11.3. The lowest BCUT2D eigenvalue weighted by molar-refractivity contribution is -0.167. The highest BCUT2D eigenvalue weighted by Crippen LogP contribution is 2.16. The average Bonchev–Trinajstić information content (AvgIpc) is 3.27. The number of rotatable bonds is 47. The number of hydrogen-bond donors (Lipinski definition) is 0. The topological polar surface area (TPSA) is 78.9 Å². The predicted octanol–water partition coefficient (Wildman–Crippen LogP) is 17.3.